The normalized spacial score (nSPS) is 22.2. The highest BCUT2D eigenvalue weighted by atomic mass is 19.1. The van der Waals surface area contributed by atoms with E-state index in [1.807, 2.05) is 25.2 Å². The molecule has 0 spiro atoms. The summed E-state index contributed by atoms with van der Waals surface area (Å²) in [6, 6.07) is 22.3. The van der Waals surface area contributed by atoms with E-state index in [1.165, 1.54) is 6.07 Å². The number of halogens is 1. The van der Waals surface area contributed by atoms with Crippen LogP contribution in [0.4, 0.5) is 10.1 Å². The Bertz CT molecular complexity index is 1120. The van der Waals surface area contributed by atoms with E-state index in [4.69, 9.17) is 0 Å². The number of aliphatic hydroxyl groups excluding tert-OH is 1. The number of amides is 1. The van der Waals surface area contributed by atoms with Gasteiger partial charge in [0.15, 0.2) is 0 Å². The van der Waals surface area contributed by atoms with Crippen molar-refractivity contribution in [1.82, 2.24) is 4.90 Å². The minimum atomic E-state index is -0.499. The number of carbonyl (C=O) groups excluding carboxylic acids is 1. The van der Waals surface area contributed by atoms with E-state index >= 15 is 0 Å². The smallest absolute Gasteiger partial charge is 0.257 e. The van der Waals surface area contributed by atoms with Crippen molar-refractivity contribution in [2.24, 2.45) is 5.92 Å². The zero-order valence-corrected chi connectivity index (χ0v) is 17.4. The molecule has 2 aliphatic heterocycles. The first-order valence-electron chi connectivity index (χ1n) is 10.7. The highest BCUT2D eigenvalue weighted by Crippen LogP contribution is 2.49. The van der Waals surface area contributed by atoms with E-state index in [-0.39, 0.29) is 36.1 Å². The molecule has 5 heteroatoms. The van der Waals surface area contributed by atoms with Gasteiger partial charge in [0.2, 0.25) is 0 Å². The molecule has 2 aliphatic rings. The maximum Gasteiger partial charge on any atom is 0.257 e. The van der Waals surface area contributed by atoms with Crippen LogP contribution in [-0.2, 0) is 0 Å². The predicted molar refractivity (Wildman–Crippen MR) is 119 cm³/mol. The van der Waals surface area contributed by atoms with Crippen LogP contribution in [0, 0.1) is 11.7 Å². The molecular formula is C26H25FN2O2. The van der Waals surface area contributed by atoms with Crippen LogP contribution >= 0.6 is 0 Å². The number of rotatable bonds is 3. The number of hydrogen-bond donors (Lipinski definition) is 1. The molecule has 3 atom stereocenters. The summed E-state index contributed by atoms with van der Waals surface area (Å²) in [5.74, 6) is -0.701. The third-order valence-corrected chi connectivity index (χ3v) is 6.82. The molecule has 3 aromatic carbocycles. The first-order chi connectivity index (χ1) is 15.1. The molecule has 158 valence electrons. The van der Waals surface area contributed by atoms with Crippen molar-refractivity contribution < 1.29 is 14.3 Å². The van der Waals surface area contributed by atoms with E-state index in [0.717, 1.165) is 28.8 Å². The molecule has 0 aliphatic carbocycles. The second-order valence-electron chi connectivity index (χ2n) is 8.38. The number of anilines is 1. The second kappa shape index (κ2) is 7.82. The maximum atomic E-state index is 14.4. The Morgan fingerprint density at radius 1 is 1.03 bits per heavy atom. The molecule has 0 bridgehead atoms. The molecule has 3 aromatic rings. The molecule has 1 amide bonds. The Balaban J connectivity index is 1.62. The van der Waals surface area contributed by atoms with Crippen molar-refractivity contribution in [1.29, 1.82) is 0 Å². The highest BCUT2D eigenvalue weighted by Gasteiger charge is 2.48. The Kier molecular flexibility index (Phi) is 4.98. The van der Waals surface area contributed by atoms with Crippen LogP contribution in [0.25, 0.3) is 11.1 Å². The molecule has 1 N–H and O–H groups in total. The average molecular weight is 416 g/mol. The van der Waals surface area contributed by atoms with Crippen LogP contribution in [0.3, 0.4) is 0 Å². The largest absolute Gasteiger partial charge is 0.394 e. The van der Waals surface area contributed by atoms with Crippen molar-refractivity contribution >= 4 is 11.6 Å². The SMILES string of the molecule is CN1c2ccc(-c3ccccc3)cc2[C@@H]2[C@@H](CCN2C(=O)c2ccccc2F)[C@H]1CO. The summed E-state index contributed by atoms with van der Waals surface area (Å²) in [4.78, 5) is 17.3. The molecule has 2 heterocycles. The van der Waals surface area contributed by atoms with Crippen LogP contribution in [0.15, 0.2) is 72.8 Å². The van der Waals surface area contributed by atoms with Crippen molar-refractivity contribution in [2.45, 2.75) is 18.5 Å². The summed E-state index contributed by atoms with van der Waals surface area (Å²) in [6.45, 7) is 0.557. The molecule has 0 saturated carbocycles. The Labute approximate surface area is 181 Å². The minimum absolute atomic E-state index is 0.0132. The lowest BCUT2D eigenvalue weighted by atomic mass is 9.81. The summed E-state index contributed by atoms with van der Waals surface area (Å²) < 4.78 is 14.4. The van der Waals surface area contributed by atoms with Crippen LogP contribution < -0.4 is 4.90 Å². The predicted octanol–water partition coefficient (Wildman–Crippen LogP) is 4.51. The van der Waals surface area contributed by atoms with Crippen molar-refractivity contribution in [3.63, 3.8) is 0 Å². The summed E-state index contributed by atoms with van der Waals surface area (Å²) in [5.41, 5.74) is 4.36. The fourth-order valence-electron chi connectivity index (χ4n) is 5.28. The zero-order valence-electron chi connectivity index (χ0n) is 17.4. The first kappa shape index (κ1) is 19.8. The summed E-state index contributed by atoms with van der Waals surface area (Å²) in [6.07, 6.45) is 0.773. The lowest BCUT2D eigenvalue weighted by molar-refractivity contribution is 0.0689. The number of likely N-dealkylation sites (tertiary alicyclic amines) is 1. The molecule has 0 aromatic heterocycles. The van der Waals surface area contributed by atoms with E-state index in [2.05, 4.69) is 35.2 Å². The number of nitrogens with zero attached hydrogens (tertiary/aromatic N) is 2. The number of fused-ring (bicyclic) bond motifs is 3. The van der Waals surface area contributed by atoms with E-state index in [1.54, 1.807) is 23.1 Å². The fraction of sp³-hybridized carbons (Fsp3) is 0.269. The van der Waals surface area contributed by atoms with Gasteiger partial charge in [-0.25, -0.2) is 4.39 Å². The summed E-state index contributed by atoms with van der Waals surface area (Å²) in [5, 5.41) is 10.1. The molecule has 0 unspecified atom stereocenters. The van der Waals surface area contributed by atoms with Gasteiger partial charge in [0, 0.05) is 25.2 Å². The fourth-order valence-corrected chi connectivity index (χ4v) is 5.28. The van der Waals surface area contributed by atoms with Crippen LogP contribution in [0.5, 0.6) is 0 Å². The second-order valence-corrected chi connectivity index (χ2v) is 8.38. The van der Waals surface area contributed by atoms with Crippen LogP contribution in [-0.4, -0.2) is 42.2 Å². The molecule has 31 heavy (non-hydrogen) atoms. The van der Waals surface area contributed by atoms with Gasteiger partial charge in [-0.1, -0.05) is 48.5 Å². The number of carbonyl (C=O) groups is 1. The number of hydrogen-bond acceptors (Lipinski definition) is 3. The lowest BCUT2D eigenvalue weighted by Gasteiger charge is -2.44. The van der Waals surface area contributed by atoms with Gasteiger partial charge in [0.1, 0.15) is 5.82 Å². The van der Waals surface area contributed by atoms with Crippen molar-refractivity contribution in [3.05, 3.63) is 89.7 Å². The lowest BCUT2D eigenvalue weighted by Crippen LogP contribution is -2.48. The van der Waals surface area contributed by atoms with Crippen LogP contribution in [0.1, 0.15) is 28.4 Å². The van der Waals surface area contributed by atoms with Crippen LogP contribution in [0.2, 0.25) is 0 Å². The van der Waals surface area contributed by atoms with Gasteiger partial charge in [-0.15, -0.1) is 0 Å². The summed E-state index contributed by atoms with van der Waals surface area (Å²) in [7, 11) is 2.00. The van der Waals surface area contributed by atoms with E-state index in [9.17, 15) is 14.3 Å². The molecule has 5 rings (SSSR count). The Morgan fingerprint density at radius 3 is 2.52 bits per heavy atom. The zero-order chi connectivity index (χ0) is 21.5. The van der Waals surface area contributed by atoms with Crippen molar-refractivity contribution in [3.8, 4) is 11.1 Å². The number of likely N-dealkylation sites (N-methyl/N-ethyl adjacent to an activating group) is 1. The molecular weight excluding hydrogens is 391 g/mol. The average Bonchev–Trinajstić information content (AvgIpc) is 3.25. The molecule has 4 nitrogen and oxygen atoms in total. The first-order valence-corrected chi connectivity index (χ1v) is 10.7. The van der Waals surface area contributed by atoms with Gasteiger partial charge >= 0.3 is 0 Å². The number of aliphatic hydroxyl groups is 1. The van der Waals surface area contributed by atoms with Crippen molar-refractivity contribution in [2.75, 3.05) is 25.1 Å². The standard InChI is InChI=1S/C26H25FN2O2/c1-28-23-12-11-18(17-7-3-2-4-8-17)15-21(23)25-20(24(28)16-30)13-14-29(25)26(31)19-9-5-6-10-22(19)27/h2-12,15,20,24-25,30H,13-14,16H2,1H3/t20-,24+,25-/m0/s1. The Morgan fingerprint density at radius 2 is 1.77 bits per heavy atom. The van der Waals surface area contributed by atoms with E-state index < -0.39 is 5.82 Å². The quantitative estimate of drug-likeness (QED) is 0.683. The third-order valence-electron chi connectivity index (χ3n) is 6.82. The molecule has 1 saturated heterocycles. The molecule has 0 radical (unpaired) electrons. The van der Waals surface area contributed by atoms with Gasteiger partial charge in [-0.3, -0.25) is 4.79 Å². The minimum Gasteiger partial charge on any atom is -0.394 e. The maximum absolute atomic E-state index is 14.4. The van der Waals surface area contributed by atoms with E-state index in [0.29, 0.717) is 6.54 Å². The highest BCUT2D eigenvalue weighted by molar-refractivity contribution is 5.95. The third kappa shape index (κ3) is 3.20. The van der Waals surface area contributed by atoms with Gasteiger partial charge in [0.05, 0.1) is 24.3 Å². The van der Waals surface area contributed by atoms with Gasteiger partial charge < -0.3 is 14.9 Å². The van der Waals surface area contributed by atoms with Gasteiger partial charge in [-0.2, -0.15) is 0 Å². The monoisotopic (exact) mass is 416 g/mol. The number of benzene rings is 3. The van der Waals surface area contributed by atoms with Gasteiger partial charge in [-0.05, 0) is 47.4 Å². The molecule has 1 fully saturated rings. The topological polar surface area (TPSA) is 43.8 Å². The summed E-state index contributed by atoms with van der Waals surface area (Å²) >= 11 is 0. The van der Waals surface area contributed by atoms with Gasteiger partial charge in [0.25, 0.3) is 5.91 Å². The Hall–Kier alpha value is -3.18.